The molecular formula is C20H30N4O2. The number of aryl methyl sites for hydroxylation is 1. The molecule has 0 unspecified atom stereocenters. The number of nitrogens with zero attached hydrogens (tertiary/aromatic N) is 1. The fourth-order valence-corrected chi connectivity index (χ4v) is 3.64. The number of benzene rings is 1. The smallest absolute Gasteiger partial charge is 0.224 e. The number of carbonyl (C=O) groups is 1. The lowest BCUT2D eigenvalue weighted by atomic mass is 9.96. The number of amides is 1. The van der Waals surface area contributed by atoms with Gasteiger partial charge in [0.05, 0.1) is 12.6 Å². The van der Waals surface area contributed by atoms with Crippen molar-refractivity contribution in [2.24, 2.45) is 10.8 Å². The highest BCUT2D eigenvalue weighted by molar-refractivity contribution is 5.94. The first-order valence-corrected chi connectivity index (χ1v) is 9.83. The first-order chi connectivity index (χ1) is 12.7. The zero-order chi connectivity index (χ0) is 18.2. The number of hydrogen-bond acceptors (Lipinski definition) is 4. The van der Waals surface area contributed by atoms with Gasteiger partial charge in [0, 0.05) is 18.5 Å². The van der Waals surface area contributed by atoms with Crippen molar-refractivity contribution in [2.75, 3.05) is 11.9 Å². The largest absolute Gasteiger partial charge is 0.494 e. The van der Waals surface area contributed by atoms with Gasteiger partial charge in [-0.2, -0.15) is 0 Å². The molecule has 142 valence electrons. The summed E-state index contributed by atoms with van der Waals surface area (Å²) in [6.07, 6.45) is 10.4. The summed E-state index contributed by atoms with van der Waals surface area (Å²) >= 11 is 0. The maximum atomic E-state index is 11.4. The average molecular weight is 358 g/mol. The molecule has 1 aliphatic carbocycles. The molecule has 0 bridgehead atoms. The molecular weight excluding hydrogens is 328 g/mol. The van der Waals surface area contributed by atoms with Crippen molar-refractivity contribution in [1.29, 1.82) is 0 Å². The van der Waals surface area contributed by atoms with Gasteiger partial charge in [0.2, 0.25) is 5.91 Å². The predicted octanol–water partition coefficient (Wildman–Crippen LogP) is 3.31. The number of fused-ring (bicyclic) bond motifs is 1. The minimum atomic E-state index is 0.0883. The van der Waals surface area contributed by atoms with Crippen LogP contribution in [0.2, 0.25) is 0 Å². The molecule has 0 spiro atoms. The van der Waals surface area contributed by atoms with E-state index in [-0.39, 0.29) is 5.91 Å². The van der Waals surface area contributed by atoms with Crippen LogP contribution in [0.15, 0.2) is 23.2 Å². The lowest BCUT2D eigenvalue weighted by Gasteiger charge is -2.19. The van der Waals surface area contributed by atoms with Crippen LogP contribution in [0.25, 0.3) is 0 Å². The zero-order valence-corrected chi connectivity index (χ0v) is 15.4. The minimum Gasteiger partial charge on any atom is -0.494 e. The number of hydrogen-bond donors (Lipinski definition) is 3. The molecule has 0 saturated heterocycles. The lowest BCUT2D eigenvalue weighted by molar-refractivity contribution is -0.116. The molecule has 6 heteroatoms. The van der Waals surface area contributed by atoms with Gasteiger partial charge in [-0.15, -0.1) is 0 Å². The molecule has 1 aromatic carbocycles. The van der Waals surface area contributed by atoms with Gasteiger partial charge in [-0.25, -0.2) is 5.84 Å². The maximum absolute atomic E-state index is 11.4. The quantitative estimate of drug-likeness (QED) is 0.229. The molecule has 1 fully saturated rings. The highest BCUT2D eigenvalue weighted by atomic mass is 16.5. The summed E-state index contributed by atoms with van der Waals surface area (Å²) in [5, 5.41) is 2.89. The Morgan fingerprint density at radius 1 is 1.23 bits per heavy atom. The van der Waals surface area contributed by atoms with Crippen LogP contribution in [0.5, 0.6) is 5.75 Å². The second-order valence-corrected chi connectivity index (χ2v) is 7.18. The number of nitrogens with one attached hydrogen (secondary N) is 2. The number of amidine groups is 1. The fraction of sp³-hybridized carbons (Fsp3) is 0.600. The molecule has 0 aromatic heterocycles. The molecule has 1 aliphatic heterocycles. The van der Waals surface area contributed by atoms with E-state index in [0.717, 1.165) is 48.5 Å². The Morgan fingerprint density at radius 3 is 2.88 bits per heavy atom. The minimum absolute atomic E-state index is 0.0883. The van der Waals surface area contributed by atoms with Gasteiger partial charge < -0.3 is 15.5 Å². The van der Waals surface area contributed by atoms with Gasteiger partial charge in [-0.3, -0.25) is 9.79 Å². The Labute approximate surface area is 155 Å². The summed E-state index contributed by atoms with van der Waals surface area (Å²) < 4.78 is 5.86. The van der Waals surface area contributed by atoms with Crippen molar-refractivity contribution in [1.82, 2.24) is 5.43 Å². The molecule has 1 heterocycles. The predicted molar refractivity (Wildman–Crippen MR) is 104 cm³/mol. The van der Waals surface area contributed by atoms with Crippen LogP contribution in [0.1, 0.15) is 63.4 Å². The average Bonchev–Trinajstić information content (AvgIpc) is 2.67. The molecule has 1 saturated carbocycles. The summed E-state index contributed by atoms with van der Waals surface area (Å²) in [6, 6.07) is 6.32. The van der Waals surface area contributed by atoms with E-state index in [1.54, 1.807) is 0 Å². The molecule has 1 amide bonds. The van der Waals surface area contributed by atoms with Crippen molar-refractivity contribution >= 4 is 17.4 Å². The molecule has 6 nitrogen and oxygen atoms in total. The number of unbranched alkanes of at least 4 members (excludes halogenated alkanes) is 1. The van der Waals surface area contributed by atoms with E-state index in [9.17, 15) is 4.79 Å². The van der Waals surface area contributed by atoms with E-state index in [1.807, 2.05) is 18.2 Å². The number of nitrogens with two attached hydrogens (primary N) is 1. The van der Waals surface area contributed by atoms with Crippen molar-refractivity contribution in [3.05, 3.63) is 23.8 Å². The number of aliphatic imine (C=N–C) groups is 1. The van der Waals surface area contributed by atoms with Crippen molar-refractivity contribution in [3.8, 4) is 5.75 Å². The maximum Gasteiger partial charge on any atom is 0.224 e. The Hall–Kier alpha value is -2.08. The van der Waals surface area contributed by atoms with Crippen LogP contribution in [-0.4, -0.2) is 24.4 Å². The summed E-state index contributed by atoms with van der Waals surface area (Å²) in [7, 11) is 0. The molecule has 0 radical (unpaired) electrons. The number of anilines is 1. The second kappa shape index (κ2) is 9.57. The van der Waals surface area contributed by atoms with Crippen LogP contribution < -0.4 is 21.3 Å². The topological polar surface area (TPSA) is 88.7 Å². The Bertz CT molecular complexity index is 639. The third-order valence-electron chi connectivity index (χ3n) is 5.13. The van der Waals surface area contributed by atoms with Crippen LogP contribution in [-0.2, 0) is 11.2 Å². The number of carbonyl (C=O) groups excluding carboxylic acids is 1. The van der Waals surface area contributed by atoms with Gasteiger partial charge in [0.25, 0.3) is 0 Å². The second-order valence-electron chi connectivity index (χ2n) is 7.18. The van der Waals surface area contributed by atoms with Crippen molar-refractivity contribution in [3.63, 3.8) is 0 Å². The van der Waals surface area contributed by atoms with E-state index >= 15 is 0 Å². The van der Waals surface area contributed by atoms with E-state index in [4.69, 9.17) is 15.6 Å². The van der Waals surface area contributed by atoms with E-state index in [2.05, 4.69) is 10.7 Å². The normalized spacial score (nSPS) is 18.2. The van der Waals surface area contributed by atoms with E-state index in [1.165, 1.54) is 32.1 Å². The summed E-state index contributed by atoms with van der Waals surface area (Å²) in [5.41, 5.74) is 4.83. The molecule has 26 heavy (non-hydrogen) atoms. The van der Waals surface area contributed by atoms with Gasteiger partial charge in [-0.1, -0.05) is 19.3 Å². The Kier molecular flexibility index (Phi) is 6.89. The third-order valence-corrected chi connectivity index (χ3v) is 5.13. The van der Waals surface area contributed by atoms with Crippen LogP contribution in [0.3, 0.4) is 0 Å². The SMILES string of the molecule is NNC(CCCCOc1ccc2c(c1)CCC(=O)N2)=NC1CCCCC1. The number of ether oxygens (including phenoxy) is 1. The van der Waals surface area contributed by atoms with Gasteiger partial charge in [0.15, 0.2) is 0 Å². The molecule has 2 aliphatic rings. The molecule has 4 N–H and O–H groups in total. The first kappa shape index (κ1) is 18.7. The van der Waals surface area contributed by atoms with Crippen LogP contribution in [0.4, 0.5) is 5.69 Å². The highest BCUT2D eigenvalue weighted by Crippen LogP contribution is 2.27. The summed E-state index contributed by atoms with van der Waals surface area (Å²) in [5.74, 6) is 7.50. The van der Waals surface area contributed by atoms with Gasteiger partial charge in [-0.05, 0) is 55.9 Å². The van der Waals surface area contributed by atoms with E-state index in [0.29, 0.717) is 19.1 Å². The highest BCUT2D eigenvalue weighted by Gasteiger charge is 2.15. The number of hydrazine groups is 1. The van der Waals surface area contributed by atoms with Gasteiger partial charge >= 0.3 is 0 Å². The Balaban J connectivity index is 1.38. The standard InChI is InChI=1S/C20H30N4O2/c21-24-19(22-16-6-2-1-3-7-16)8-4-5-13-26-17-10-11-18-15(14-17)9-12-20(25)23-18/h10-11,14,16H,1-9,12-13,21H2,(H,22,24)(H,23,25). The monoisotopic (exact) mass is 358 g/mol. The van der Waals surface area contributed by atoms with Crippen molar-refractivity contribution < 1.29 is 9.53 Å². The van der Waals surface area contributed by atoms with Crippen LogP contribution >= 0.6 is 0 Å². The van der Waals surface area contributed by atoms with Crippen molar-refractivity contribution in [2.45, 2.75) is 70.3 Å². The molecule has 1 aromatic rings. The van der Waals surface area contributed by atoms with Crippen LogP contribution in [0, 0.1) is 0 Å². The zero-order valence-electron chi connectivity index (χ0n) is 15.4. The molecule has 3 rings (SSSR count). The third kappa shape index (κ3) is 5.46. The van der Waals surface area contributed by atoms with E-state index < -0.39 is 0 Å². The fourth-order valence-electron chi connectivity index (χ4n) is 3.64. The first-order valence-electron chi connectivity index (χ1n) is 9.83. The number of rotatable bonds is 7. The van der Waals surface area contributed by atoms with Gasteiger partial charge in [0.1, 0.15) is 11.6 Å². The summed E-state index contributed by atoms with van der Waals surface area (Å²) in [4.78, 5) is 16.2. The molecule has 0 atom stereocenters. The Morgan fingerprint density at radius 2 is 2.08 bits per heavy atom. The summed E-state index contributed by atoms with van der Waals surface area (Å²) in [6.45, 7) is 0.673. The lowest BCUT2D eigenvalue weighted by Crippen LogP contribution is -2.32.